The number of hydrogen-bond donors (Lipinski definition) is 1. The van der Waals surface area contributed by atoms with Gasteiger partial charge in [0.1, 0.15) is 11.9 Å². The number of halogens is 1. The molecule has 0 saturated carbocycles. The van der Waals surface area contributed by atoms with Crippen molar-refractivity contribution in [2.24, 2.45) is 0 Å². The molecule has 3 rings (SSSR count). The van der Waals surface area contributed by atoms with E-state index in [2.05, 4.69) is 9.97 Å². The van der Waals surface area contributed by atoms with Crippen molar-refractivity contribution in [3.05, 3.63) is 47.4 Å². The van der Waals surface area contributed by atoms with Crippen LogP contribution in [0.15, 0.2) is 36.0 Å². The SMILES string of the molecule is C[C@@H](Oc1cccnc1N)c1cc(F)cc2scnc12. The third-order valence-electron chi connectivity index (χ3n) is 2.97. The number of benzene rings is 1. The van der Waals surface area contributed by atoms with E-state index in [-0.39, 0.29) is 11.9 Å². The summed E-state index contributed by atoms with van der Waals surface area (Å²) in [5.41, 5.74) is 8.89. The number of rotatable bonds is 3. The molecule has 6 heteroatoms. The monoisotopic (exact) mass is 289 g/mol. The first kappa shape index (κ1) is 12.8. The normalized spacial score (nSPS) is 12.5. The zero-order chi connectivity index (χ0) is 14.1. The van der Waals surface area contributed by atoms with E-state index >= 15 is 0 Å². The molecule has 2 N–H and O–H groups in total. The fraction of sp³-hybridized carbons (Fsp3) is 0.143. The van der Waals surface area contributed by atoms with Crippen molar-refractivity contribution in [3.8, 4) is 5.75 Å². The summed E-state index contributed by atoms with van der Waals surface area (Å²) < 4.78 is 20.2. The number of thiazole rings is 1. The summed E-state index contributed by atoms with van der Waals surface area (Å²) in [4.78, 5) is 8.23. The summed E-state index contributed by atoms with van der Waals surface area (Å²) in [6.07, 6.45) is 1.22. The molecule has 0 aliphatic carbocycles. The molecular formula is C14H12FN3OS. The van der Waals surface area contributed by atoms with Crippen LogP contribution in [0.25, 0.3) is 10.2 Å². The summed E-state index contributed by atoms with van der Waals surface area (Å²) in [5.74, 6) is 0.490. The van der Waals surface area contributed by atoms with Crippen LogP contribution in [0.4, 0.5) is 10.2 Å². The highest BCUT2D eigenvalue weighted by Crippen LogP contribution is 2.31. The zero-order valence-corrected chi connectivity index (χ0v) is 11.5. The first-order valence-electron chi connectivity index (χ1n) is 6.05. The number of pyridine rings is 1. The summed E-state index contributed by atoms with van der Waals surface area (Å²) >= 11 is 1.40. The number of hydrogen-bond acceptors (Lipinski definition) is 5. The lowest BCUT2D eigenvalue weighted by Crippen LogP contribution is -2.06. The standard InChI is InChI=1S/C14H12FN3OS/c1-8(19-11-3-2-4-17-14(11)16)10-5-9(15)6-12-13(10)18-7-20-12/h2-8H,1H3,(H2,16,17)/t8-/m1/s1. The summed E-state index contributed by atoms with van der Waals surface area (Å²) in [7, 11) is 0. The van der Waals surface area contributed by atoms with Crippen molar-refractivity contribution in [3.63, 3.8) is 0 Å². The number of nitrogen functional groups attached to an aromatic ring is 1. The second-order valence-electron chi connectivity index (χ2n) is 4.34. The molecule has 0 radical (unpaired) electrons. The highest BCUT2D eigenvalue weighted by molar-refractivity contribution is 7.16. The molecule has 20 heavy (non-hydrogen) atoms. The van der Waals surface area contributed by atoms with Gasteiger partial charge in [-0.1, -0.05) is 0 Å². The molecule has 2 aromatic heterocycles. The smallest absolute Gasteiger partial charge is 0.166 e. The lowest BCUT2D eigenvalue weighted by atomic mass is 10.1. The summed E-state index contributed by atoms with van der Waals surface area (Å²) in [5, 5.41) is 0. The van der Waals surface area contributed by atoms with Crippen LogP contribution in [0.3, 0.4) is 0 Å². The topological polar surface area (TPSA) is 61.0 Å². The second-order valence-corrected chi connectivity index (χ2v) is 5.23. The number of ether oxygens (including phenoxy) is 1. The van der Waals surface area contributed by atoms with E-state index < -0.39 is 0 Å². The molecule has 102 valence electrons. The predicted molar refractivity (Wildman–Crippen MR) is 77.3 cm³/mol. The Labute approximate surface area is 119 Å². The fourth-order valence-corrected chi connectivity index (χ4v) is 2.76. The second kappa shape index (κ2) is 5.05. The maximum absolute atomic E-state index is 13.6. The molecule has 1 aromatic carbocycles. The Morgan fingerprint density at radius 3 is 3.00 bits per heavy atom. The third-order valence-corrected chi connectivity index (χ3v) is 3.75. The largest absolute Gasteiger partial charge is 0.482 e. The van der Waals surface area contributed by atoms with Crippen molar-refractivity contribution < 1.29 is 9.13 Å². The quantitative estimate of drug-likeness (QED) is 0.801. The van der Waals surface area contributed by atoms with Gasteiger partial charge in [-0.3, -0.25) is 0 Å². The molecule has 0 unspecified atom stereocenters. The van der Waals surface area contributed by atoms with E-state index in [0.717, 1.165) is 10.2 Å². The van der Waals surface area contributed by atoms with Crippen molar-refractivity contribution in [2.45, 2.75) is 13.0 Å². The molecule has 0 aliphatic heterocycles. The van der Waals surface area contributed by atoms with Gasteiger partial charge in [0.2, 0.25) is 0 Å². The average Bonchev–Trinajstić information content (AvgIpc) is 2.88. The first-order valence-corrected chi connectivity index (χ1v) is 6.93. The Hall–Kier alpha value is -2.21. The van der Waals surface area contributed by atoms with Crippen LogP contribution >= 0.6 is 11.3 Å². The molecular weight excluding hydrogens is 277 g/mol. The van der Waals surface area contributed by atoms with Crippen molar-refractivity contribution in [1.82, 2.24) is 9.97 Å². The lowest BCUT2D eigenvalue weighted by molar-refractivity contribution is 0.228. The van der Waals surface area contributed by atoms with Gasteiger partial charge in [-0.25, -0.2) is 14.4 Å². The molecule has 0 spiro atoms. The number of anilines is 1. The van der Waals surface area contributed by atoms with E-state index in [1.54, 1.807) is 23.8 Å². The Kier molecular flexibility index (Phi) is 3.23. The fourth-order valence-electron chi connectivity index (χ4n) is 2.02. The number of nitrogens with two attached hydrogens (primary N) is 1. The minimum Gasteiger partial charge on any atom is -0.482 e. The Morgan fingerprint density at radius 2 is 2.20 bits per heavy atom. The van der Waals surface area contributed by atoms with Gasteiger partial charge >= 0.3 is 0 Å². The Bertz CT molecular complexity index is 759. The zero-order valence-electron chi connectivity index (χ0n) is 10.7. The average molecular weight is 289 g/mol. The van der Waals surface area contributed by atoms with Gasteiger partial charge in [0.15, 0.2) is 11.6 Å². The summed E-state index contributed by atoms with van der Waals surface area (Å²) in [6, 6.07) is 6.39. The van der Waals surface area contributed by atoms with Gasteiger partial charge in [-0.05, 0) is 31.2 Å². The van der Waals surface area contributed by atoms with Crippen molar-refractivity contribution >= 4 is 27.4 Å². The third kappa shape index (κ3) is 2.30. The highest BCUT2D eigenvalue weighted by atomic mass is 32.1. The summed E-state index contributed by atoms with van der Waals surface area (Å²) in [6.45, 7) is 1.83. The van der Waals surface area contributed by atoms with Crippen LogP contribution in [0.1, 0.15) is 18.6 Å². The van der Waals surface area contributed by atoms with Gasteiger partial charge in [-0.15, -0.1) is 11.3 Å². The number of aromatic nitrogens is 2. The van der Waals surface area contributed by atoms with E-state index in [4.69, 9.17) is 10.5 Å². The van der Waals surface area contributed by atoms with Crippen molar-refractivity contribution in [1.29, 1.82) is 0 Å². The minimum atomic E-state index is -0.373. The van der Waals surface area contributed by atoms with E-state index in [9.17, 15) is 4.39 Å². The number of fused-ring (bicyclic) bond motifs is 1. The van der Waals surface area contributed by atoms with Crippen LogP contribution in [-0.2, 0) is 0 Å². The van der Waals surface area contributed by atoms with E-state index in [1.165, 1.54) is 23.5 Å². The van der Waals surface area contributed by atoms with Gasteiger partial charge in [0, 0.05) is 11.8 Å². The van der Waals surface area contributed by atoms with Gasteiger partial charge in [0.05, 0.1) is 15.7 Å². The molecule has 0 amide bonds. The molecule has 0 aliphatic rings. The molecule has 3 aromatic rings. The minimum absolute atomic E-state index is 0.300. The Morgan fingerprint density at radius 1 is 1.35 bits per heavy atom. The molecule has 0 saturated heterocycles. The van der Waals surface area contributed by atoms with E-state index in [1.807, 2.05) is 6.92 Å². The van der Waals surface area contributed by atoms with Crippen LogP contribution in [0.5, 0.6) is 5.75 Å². The molecule has 0 bridgehead atoms. The van der Waals surface area contributed by atoms with Crippen LogP contribution < -0.4 is 10.5 Å². The first-order chi connectivity index (χ1) is 9.65. The maximum atomic E-state index is 13.6. The van der Waals surface area contributed by atoms with Crippen LogP contribution in [-0.4, -0.2) is 9.97 Å². The highest BCUT2D eigenvalue weighted by Gasteiger charge is 2.16. The van der Waals surface area contributed by atoms with Gasteiger partial charge in [0.25, 0.3) is 0 Å². The van der Waals surface area contributed by atoms with Crippen LogP contribution in [0, 0.1) is 5.82 Å². The lowest BCUT2D eigenvalue weighted by Gasteiger charge is -2.16. The molecule has 2 heterocycles. The number of nitrogens with zero attached hydrogens (tertiary/aromatic N) is 2. The van der Waals surface area contributed by atoms with Crippen molar-refractivity contribution in [2.75, 3.05) is 5.73 Å². The molecule has 1 atom stereocenters. The van der Waals surface area contributed by atoms with Gasteiger partial charge in [-0.2, -0.15) is 0 Å². The molecule has 0 fully saturated rings. The Balaban J connectivity index is 1.98. The van der Waals surface area contributed by atoms with E-state index in [0.29, 0.717) is 17.1 Å². The maximum Gasteiger partial charge on any atom is 0.166 e. The van der Waals surface area contributed by atoms with Crippen LogP contribution in [0.2, 0.25) is 0 Å². The van der Waals surface area contributed by atoms with Gasteiger partial charge < -0.3 is 10.5 Å². The predicted octanol–water partition coefficient (Wildman–Crippen LogP) is 3.55. The molecule has 4 nitrogen and oxygen atoms in total.